The van der Waals surface area contributed by atoms with Gasteiger partial charge in [-0.3, -0.25) is 0 Å². The third-order valence-electron chi connectivity index (χ3n) is 3.60. The Hall–Kier alpha value is -0.120. The Balaban J connectivity index is 1.40. The molecular weight excluding hydrogens is 188 g/mol. The fourth-order valence-electron chi connectivity index (χ4n) is 2.29. The van der Waals surface area contributed by atoms with Gasteiger partial charge in [0.2, 0.25) is 0 Å². The van der Waals surface area contributed by atoms with Crippen LogP contribution in [0.25, 0.3) is 0 Å². The second-order valence-corrected chi connectivity index (χ2v) is 5.08. The van der Waals surface area contributed by atoms with Crippen LogP contribution in [0.5, 0.6) is 0 Å². The molecule has 0 radical (unpaired) electrons. The molecule has 0 heterocycles. The molecule has 2 aliphatic carbocycles. The minimum Gasteiger partial charge on any atom is -0.380 e. The molecule has 0 aromatic heterocycles. The van der Waals surface area contributed by atoms with Gasteiger partial charge in [-0.25, -0.2) is 0 Å². The molecule has 0 spiro atoms. The Morgan fingerprint density at radius 1 is 1.20 bits per heavy atom. The number of hydrogen-bond acceptors (Lipinski definition) is 3. The summed E-state index contributed by atoms with van der Waals surface area (Å²) in [6.45, 7) is 3.90. The van der Waals surface area contributed by atoms with Crippen molar-refractivity contribution in [2.45, 2.75) is 38.1 Å². The minimum atomic E-state index is 0.435. The van der Waals surface area contributed by atoms with Crippen LogP contribution in [-0.2, 0) is 4.74 Å². The number of nitrogens with two attached hydrogens (primary N) is 1. The van der Waals surface area contributed by atoms with Crippen LogP contribution in [0.4, 0.5) is 0 Å². The molecule has 3 N–H and O–H groups in total. The highest BCUT2D eigenvalue weighted by atomic mass is 16.5. The van der Waals surface area contributed by atoms with Gasteiger partial charge in [-0.15, -0.1) is 0 Å². The van der Waals surface area contributed by atoms with Crippen molar-refractivity contribution in [3.63, 3.8) is 0 Å². The highest BCUT2D eigenvalue weighted by Crippen LogP contribution is 2.28. The van der Waals surface area contributed by atoms with Crippen LogP contribution >= 0.6 is 0 Å². The standard InChI is InChI=1S/C12H24N2O/c13-12-3-1-2-11(12)8-14-6-7-15-9-10-4-5-10/h10-12,14H,1-9,13H2. The molecule has 0 aromatic carbocycles. The molecule has 2 fully saturated rings. The SMILES string of the molecule is NC1CCCC1CNCCOCC1CC1. The second-order valence-electron chi connectivity index (χ2n) is 5.08. The van der Waals surface area contributed by atoms with Crippen LogP contribution < -0.4 is 11.1 Å². The summed E-state index contributed by atoms with van der Waals surface area (Å²) in [7, 11) is 0. The number of hydrogen-bond donors (Lipinski definition) is 2. The van der Waals surface area contributed by atoms with E-state index in [-0.39, 0.29) is 0 Å². The van der Waals surface area contributed by atoms with Gasteiger partial charge in [0.15, 0.2) is 0 Å². The Bertz CT molecular complexity index is 182. The van der Waals surface area contributed by atoms with Crippen molar-refractivity contribution < 1.29 is 4.74 Å². The van der Waals surface area contributed by atoms with E-state index in [1.54, 1.807) is 0 Å². The molecule has 0 aliphatic heterocycles. The maximum atomic E-state index is 6.00. The zero-order valence-electron chi connectivity index (χ0n) is 9.58. The van der Waals surface area contributed by atoms with Gasteiger partial charge in [0.25, 0.3) is 0 Å². The first-order valence-electron chi connectivity index (χ1n) is 6.40. The summed E-state index contributed by atoms with van der Waals surface area (Å²) in [6.07, 6.45) is 6.59. The topological polar surface area (TPSA) is 47.3 Å². The molecule has 0 bridgehead atoms. The van der Waals surface area contributed by atoms with Crippen molar-refractivity contribution in [1.29, 1.82) is 0 Å². The molecule has 3 heteroatoms. The number of rotatable bonds is 7. The smallest absolute Gasteiger partial charge is 0.0591 e. The average molecular weight is 212 g/mol. The first-order valence-corrected chi connectivity index (χ1v) is 6.40. The number of nitrogens with one attached hydrogen (secondary N) is 1. The Labute approximate surface area is 92.7 Å². The zero-order chi connectivity index (χ0) is 10.5. The van der Waals surface area contributed by atoms with E-state index in [4.69, 9.17) is 10.5 Å². The van der Waals surface area contributed by atoms with Crippen molar-refractivity contribution >= 4 is 0 Å². The Morgan fingerprint density at radius 3 is 2.73 bits per heavy atom. The minimum absolute atomic E-state index is 0.435. The van der Waals surface area contributed by atoms with E-state index in [0.29, 0.717) is 12.0 Å². The van der Waals surface area contributed by atoms with E-state index < -0.39 is 0 Å². The maximum Gasteiger partial charge on any atom is 0.0591 e. The lowest BCUT2D eigenvalue weighted by molar-refractivity contribution is 0.125. The average Bonchev–Trinajstić information content (AvgIpc) is 2.96. The van der Waals surface area contributed by atoms with E-state index in [0.717, 1.165) is 32.2 Å². The summed E-state index contributed by atoms with van der Waals surface area (Å²) < 4.78 is 5.56. The van der Waals surface area contributed by atoms with E-state index >= 15 is 0 Å². The van der Waals surface area contributed by atoms with Gasteiger partial charge in [-0.2, -0.15) is 0 Å². The van der Waals surface area contributed by atoms with Gasteiger partial charge >= 0.3 is 0 Å². The monoisotopic (exact) mass is 212 g/mol. The van der Waals surface area contributed by atoms with E-state index in [1.807, 2.05) is 0 Å². The maximum absolute atomic E-state index is 6.00. The molecule has 2 atom stereocenters. The molecule has 0 amide bonds. The van der Waals surface area contributed by atoms with Gasteiger partial charge in [0.05, 0.1) is 6.61 Å². The summed E-state index contributed by atoms with van der Waals surface area (Å²) in [6, 6.07) is 0.435. The lowest BCUT2D eigenvalue weighted by Crippen LogP contribution is -2.34. The van der Waals surface area contributed by atoms with Crippen LogP contribution in [0.1, 0.15) is 32.1 Å². The predicted octanol–water partition coefficient (Wildman–Crippen LogP) is 1.13. The largest absolute Gasteiger partial charge is 0.380 e. The molecule has 0 saturated heterocycles. The third kappa shape index (κ3) is 4.09. The molecule has 2 unspecified atom stereocenters. The van der Waals surface area contributed by atoms with Gasteiger partial charge in [0.1, 0.15) is 0 Å². The lowest BCUT2D eigenvalue weighted by atomic mass is 10.1. The molecule has 2 aliphatic rings. The zero-order valence-corrected chi connectivity index (χ0v) is 9.58. The fourth-order valence-corrected chi connectivity index (χ4v) is 2.29. The highest BCUT2D eigenvalue weighted by Gasteiger charge is 2.23. The molecule has 2 saturated carbocycles. The van der Waals surface area contributed by atoms with Gasteiger partial charge < -0.3 is 15.8 Å². The fraction of sp³-hybridized carbons (Fsp3) is 1.00. The molecule has 15 heavy (non-hydrogen) atoms. The molecular formula is C12H24N2O. The summed E-state index contributed by atoms with van der Waals surface area (Å²) >= 11 is 0. The van der Waals surface area contributed by atoms with Crippen molar-refractivity contribution in [2.24, 2.45) is 17.6 Å². The van der Waals surface area contributed by atoms with Crippen molar-refractivity contribution in [3.8, 4) is 0 Å². The van der Waals surface area contributed by atoms with Gasteiger partial charge in [0, 0.05) is 19.2 Å². The van der Waals surface area contributed by atoms with E-state index in [2.05, 4.69) is 5.32 Å². The van der Waals surface area contributed by atoms with Crippen LogP contribution in [0.3, 0.4) is 0 Å². The molecule has 88 valence electrons. The van der Waals surface area contributed by atoms with Crippen LogP contribution in [0.2, 0.25) is 0 Å². The van der Waals surface area contributed by atoms with Crippen molar-refractivity contribution in [2.75, 3.05) is 26.3 Å². The Morgan fingerprint density at radius 2 is 2.07 bits per heavy atom. The molecule has 0 aromatic rings. The first kappa shape index (κ1) is 11.4. The summed E-state index contributed by atoms with van der Waals surface area (Å²) in [5.74, 6) is 1.58. The summed E-state index contributed by atoms with van der Waals surface area (Å²) in [4.78, 5) is 0. The van der Waals surface area contributed by atoms with Crippen molar-refractivity contribution in [1.82, 2.24) is 5.32 Å². The van der Waals surface area contributed by atoms with Crippen LogP contribution in [-0.4, -0.2) is 32.3 Å². The normalized spacial score (nSPS) is 31.0. The van der Waals surface area contributed by atoms with E-state index in [9.17, 15) is 0 Å². The Kier molecular flexibility index (Phi) is 4.42. The predicted molar refractivity (Wildman–Crippen MR) is 61.7 cm³/mol. The first-order chi connectivity index (χ1) is 7.36. The number of ether oxygens (including phenoxy) is 1. The highest BCUT2D eigenvalue weighted by molar-refractivity contribution is 4.81. The lowest BCUT2D eigenvalue weighted by Gasteiger charge is -2.15. The van der Waals surface area contributed by atoms with Gasteiger partial charge in [-0.1, -0.05) is 6.42 Å². The third-order valence-corrected chi connectivity index (χ3v) is 3.60. The quantitative estimate of drug-likeness (QED) is 0.622. The van der Waals surface area contributed by atoms with Gasteiger partial charge in [-0.05, 0) is 44.1 Å². The van der Waals surface area contributed by atoms with Crippen LogP contribution in [0.15, 0.2) is 0 Å². The van der Waals surface area contributed by atoms with Crippen LogP contribution in [0, 0.1) is 11.8 Å². The molecule has 2 rings (SSSR count). The van der Waals surface area contributed by atoms with Crippen molar-refractivity contribution in [3.05, 3.63) is 0 Å². The summed E-state index contributed by atoms with van der Waals surface area (Å²) in [5.41, 5.74) is 6.00. The summed E-state index contributed by atoms with van der Waals surface area (Å²) in [5, 5.41) is 3.45. The second kappa shape index (κ2) is 5.83. The molecule has 3 nitrogen and oxygen atoms in total. The van der Waals surface area contributed by atoms with E-state index in [1.165, 1.54) is 32.1 Å².